The van der Waals surface area contributed by atoms with E-state index in [4.69, 9.17) is 13.0 Å². The van der Waals surface area contributed by atoms with E-state index in [0.29, 0.717) is 10.2 Å². The second-order valence-electron chi connectivity index (χ2n) is 1.88. The molecule has 0 aliphatic rings. The van der Waals surface area contributed by atoms with Crippen molar-refractivity contribution in [3.05, 3.63) is 22.3 Å². The quantitative estimate of drug-likeness (QED) is 0.513. The normalized spacial score (nSPS) is 9.80. The van der Waals surface area contributed by atoms with E-state index in [0.717, 1.165) is 5.56 Å². The van der Waals surface area contributed by atoms with Crippen molar-refractivity contribution in [2.45, 2.75) is 6.61 Å². The zero-order valence-electron chi connectivity index (χ0n) is 5.21. The molecule has 0 bridgehead atoms. The van der Waals surface area contributed by atoms with Crippen LogP contribution in [0.1, 0.15) is 5.56 Å². The maximum atomic E-state index is 8.68. The second-order valence-corrected chi connectivity index (χ2v) is 2.69. The van der Waals surface area contributed by atoms with Gasteiger partial charge in [-0.25, -0.2) is 0 Å². The highest BCUT2D eigenvalue weighted by Gasteiger charge is 1.94. The molecule has 0 amide bonds. The third-order valence-electron chi connectivity index (χ3n) is 1.06. The monoisotopic (exact) mass is 197 g/mol. The third kappa shape index (κ3) is 1.82. The molecule has 0 unspecified atom stereocenters. The third-order valence-corrected chi connectivity index (χ3v) is 1.46. The SMILES string of the molecule is [B]c1cc(CO)cc(Br)n1. The Hall–Kier alpha value is -0.345. The molecule has 10 heavy (non-hydrogen) atoms. The van der Waals surface area contributed by atoms with Crippen LogP contribution in [-0.2, 0) is 6.61 Å². The first-order valence-corrected chi connectivity index (χ1v) is 3.54. The number of hydrogen-bond donors (Lipinski definition) is 1. The van der Waals surface area contributed by atoms with Gasteiger partial charge in [0.1, 0.15) is 12.4 Å². The van der Waals surface area contributed by atoms with Gasteiger partial charge in [-0.2, -0.15) is 0 Å². The molecule has 0 saturated carbocycles. The van der Waals surface area contributed by atoms with E-state index in [9.17, 15) is 0 Å². The Morgan fingerprint density at radius 1 is 1.60 bits per heavy atom. The minimum atomic E-state index is -0.00861. The summed E-state index contributed by atoms with van der Waals surface area (Å²) in [7, 11) is 5.38. The smallest absolute Gasteiger partial charge is 0.141 e. The van der Waals surface area contributed by atoms with Crippen molar-refractivity contribution in [3.63, 3.8) is 0 Å². The van der Waals surface area contributed by atoms with Gasteiger partial charge in [0, 0.05) is 0 Å². The first kappa shape index (κ1) is 7.76. The van der Waals surface area contributed by atoms with Crippen LogP contribution in [-0.4, -0.2) is 17.9 Å². The summed E-state index contributed by atoms with van der Waals surface area (Å²) < 4.78 is 0.650. The number of nitrogens with zero attached hydrogens (tertiary/aromatic N) is 1. The number of aliphatic hydroxyl groups is 1. The van der Waals surface area contributed by atoms with Gasteiger partial charge in [-0.15, -0.1) is 0 Å². The summed E-state index contributed by atoms with van der Waals surface area (Å²) in [4.78, 5) is 3.87. The van der Waals surface area contributed by atoms with Gasteiger partial charge in [0.25, 0.3) is 0 Å². The molecule has 0 aromatic carbocycles. The molecule has 50 valence electrons. The van der Waals surface area contributed by atoms with Gasteiger partial charge in [0.2, 0.25) is 0 Å². The summed E-state index contributed by atoms with van der Waals surface area (Å²) in [6, 6.07) is 3.35. The Morgan fingerprint density at radius 2 is 2.30 bits per heavy atom. The maximum Gasteiger partial charge on any atom is 0.141 e. The molecule has 2 radical (unpaired) electrons. The van der Waals surface area contributed by atoms with Crippen molar-refractivity contribution in [1.82, 2.24) is 4.98 Å². The fraction of sp³-hybridized carbons (Fsp3) is 0.167. The van der Waals surface area contributed by atoms with Crippen LogP contribution < -0.4 is 5.59 Å². The standard InChI is InChI=1S/C6H5BBrNO/c7-5-1-4(3-10)2-6(8)9-5/h1-2,10H,3H2. The summed E-state index contributed by atoms with van der Waals surface area (Å²) in [6.45, 7) is -0.00861. The van der Waals surface area contributed by atoms with E-state index < -0.39 is 0 Å². The molecular formula is C6H5BBrNO. The Labute approximate surface area is 68.8 Å². The topological polar surface area (TPSA) is 33.1 Å². The van der Waals surface area contributed by atoms with Crippen LogP contribution in [0, 0.1) is 0 Å². The van der Waals surface area contributed by atoms with E-state index in [1.807, 2.05) is 0 Å². The second kappa shape index (κ2) is 3.17. The molecule has 1 rings (SSSR count). The van der Waals surface area contributed by atoms with Crippen molar-refractivity contribution in [2.24, 2.45) is 0 Å². The lowest BCUT2D eigenvalue weighted by Gasteiger charge is -1.98. The van der Waals surface area contributed by atoms with Crippen LogP contribution in [0.25, 0.3) is 0 Å². The molecule has 0 aliphatic heterocycles. The highest BCUT2D eigenvalue weighted by molar-refractivity contribution is 9.10. The number of rotatable bonds is 1. The molecule has 0 saturated heterocycles. The number of pyridine rings is 1. The molecule has 1 heterocycles. The highest BCUT2D eigenvalue weighted by atomic mass is 79.9. The first-order valence-electron chi connectivity index (χ1n) is 2.75. The summed E-state index contributed by atoms with van der Waals surface area (Å²) >= 11 is 3.15. The van der Waals surface area contributed by atoms with E-state index in [1.54, 1.807) is 12.1 Å². The predicted octanol–water partition coefficient (Wildman–Crippen LogP) is 0.130. The average Bonchev–Trinajstić information content (AvgIpc) is 1.85. The van der Waals surface area contributed by atoms with E-state index in [1.165, 1.54) is 0 Å². The molecule has 4 heteroatoms. The van der Waals surface area contributed by atoms with Crippen LogP contribution in [0.2, 0.25) is 0 Å². The Kier molecular flexibility index (Phi) is 2.46. The molecule has 0 fully saturated rings. The van der Waals surface area contributed by atoms with Gasteiger partial charge >= 0.3 is 0 Å². The summed E-state index contributed by atoms with van der Waals surface area (Å²) in [5.41, 5.74) is 1.18. The van der Waals surface area contributed by atoms with Crippen LogP contribution in [0.5, 0.6) is 0 Å². The molecular weight excluding hydrogens is 193 g/mol. The van der Waals surface area contributed by atoms with E-state index >= 15 is 0 Å². The molecule has 1 aromatic heterocycles. The largest absolute Gasteiger partial charge is 0.392 e. The molecule has 0 atom stereocenters. The van der Waals surface area contributed by atoms with Crippen LogP contribution in [0.15, 0.2) is 16.7 Å². The van der Waals surface area contributed by atoms with Crippen molar-refractivity contribution < 1.29 is 5.11 Å². The number of aliphatic hydroxyl groups excluding tert-OH is 1. The van der Waals surface area contributed by atoms with Gasteiger partial charge in [0.15, 0.2) is 0 Å². The molecule has 1 aromatic rings. The van der Waals surface area contributed by atoms with Gasteiger partial charge in [-0.1, -0.05) is 0 Å². The fourth-order valence-corrected chi connectivity index (χ4v) is 1.16. The summed E-state index contributed by atoms with van der Waals surface area (Å²) in [6.07, 6.45) is 0. The van der Waals surface area contributed by atoms with Crippen molar-refractivity contribution in [2.75, 3.05) is 0 Å². The maximum absolute atomic E-state index is 8.68. The molecule has 1 N–H and O–H groups in total. The number of hydrogen-bond acceptors (Lipinski definition) is 2. The minimum absolute atomic E-state index is 0.00861. The molecule has 0 spiro atoms. The first-order chi connectivity index (χ1) is 4.72. The summed E-state index contributed by atoms with van der Waals surface area (Å²) in [5.74, 6) is 0. The van der Waals surface area contributed by atoms with Crippen LogP contribution >= 0.6 is 15.9 Å². The van der Waals surface area contributed by atoms with Gasteiger partial charge in [0.05, 0.1) is 6.61 Å². The lowest BCUT2D eigenvalue weighted by Crippen LogP contribution is -2.09. The zero-order chi connectivity index (χ0) is 7.56. The van der Waals surface area contributed by atoms with Crippen molar-refractivity contribution in [1.29, 1.82) is 0 Å². The predicted molar refractivity (Wildman–Crippen MR) is 43.2 cm³/mol. The van der Waals surface area contributed by atoms with Crippen LogP contribution in [0.4, 0.5) is 0 Å². The van der Waals surface area contributed by atoms with Gasteiger partial charge in [-0.05, 0) is 39.2 Å². The lowest BCUT2D eigenvalue weighted by molar-refractivity contribution is 0.281. The zero-order valence-corrected chi connectivity index (χ0v) is 6.80. The Balaban J connectivity index is 3.06. The highest BCUT2D eigenvalue weighted by Crippen LogP contribution is 2.05. The molecule has 2 nitrogen and oxygen atoms in total. The van der Waals surface area contributed by atoms with Crippen molar-refractivity contribution in [3.8, 4) is 0 Å². The van der Waals surface area contributed by atoms with Gasteiger partial charge in [-0.3, -0.25) is 4.98 Å². The average molecular weight is 198 g/mol. The number of halogens is 1. The molecule has 0 aliphatic carbocycles. The lowest BCUT2D eigenvalue weighted by atomic mass is 10.0. The van der Waals surface area contributed by atoms with Gasteiger partial charge < -0.3 is 5.11 Å². The fourth-order valence-electron chi connectivity index (χ4n) is 0.664. The number of aromatic nitrogens is 1. The van der Waals surface area contributed by atoms with Crippen molar-refractivity contribution >= 4 is 29.4 Å². The Bertz CT molecular complexity index is 221. The summed E-state index contributed by atoms with van der Waals surface area (Å²) in [5, 5.41) is 8.68. The van der Waals surface area contributed by atoms with E-state index in [2.05, 4.69) is 20.9 Å². The Morgan fingerprint density at radius 3 is 2.80 bits per heavy atom. The van der Waals surface area contributed by atoms with E-state index in [-0.39, 0.29) is 6.61 Å². The minimum Gasteiger partial charge on any atom is -0.392 e. The van der Waals surface area contributed by atoms with Crippen LogP contribution in [0.3, 0.4) is 0 Å².